The normalized spacial score (nSPS) is 22.7. The maximum absolute atomic E-state index is 12.7. The average molecular weight is 312 g/mol. The molecule has 0 radical (unpaired) electrons. The molecule has 0 aliphatic carbocycles. The largest absolute Gasteiger partial charge is 0.497 e. The Labute approximate surface area is 136 Å². The molecule has 0 aromatic heterocycles. The summed E-state index contributed by atoms with van der Waals surface area (Å²) in [5.74, 6) is 0.420. The molecule has 0 bridgehead atoms. The molecule has 0 amide bonds. The monoisotopic (exact) mass is 312 g/mol. The van der Waals surface area contributed by atoms with E-state index in [4.69, 9.17) is 14.2 Å². The van der Waals surface area contributed by atoms with Gasteiger partial charge >= 0.3 is 5.97 Å². The molecule has 3 rings (SSSR count). The van der Waals surface area contributed by atoms with Gasteiger partial charge in [0.15, 0.2) is 0 Å². The molecule has 0 N–H and O–H groups in total. The zero-order valence-electron chi connectivity index (χ0n) is 13.5. The molecule has 1 saturated heterocycles. The van der Waals surface area contributed by atoms with Gasteiger partial charge in [-0.05, 0) is 37.1 Å². The van der Waals surface area contributed by atoms with E-state index >= 15 is 0 Å². The summed E-state index contributed by atoms with van der Waals surface area (Å²) < 4.78 is 16.5. The van der Waals surface area contributed by atoms with Crippen LogP contribution in [0.4, 0.5) is 0 Å². The number of epoxide rings is 1. The number of carbonyl (C=O) groups is 1. The molecule has 120 valence electrons. The highest BCUT2D eigenvalue weighted by Crippen LogP contribution is 2.58. The maximum atomic E-state index is 12.7. The van der Waals surface area contributed by atoms with Gasteiger partial charge in [0.25, 0.3) is 0 Å². The van der Waals surface area contributed by atoms with Crippen molar-refractivity contribution in [1.29, 1.82) is 0 Å². The van der Waals surface area contributed by atoms with E-state index in [1.165, 1.54) is 0 Å². The molecule has 2 aromatic rings. The summed E-state index contributed by atoms with van der Waals surface area (Å²) in [5, 5.41) is 0. The van der Waals surface area contributed by atoms with Gasteiger partial charge in [-0.15, -0.1) is 0 Å². The van der Waals surface area contributed by atoms with E-state index in [1.54, 1.807) is 7.11 Å². The first kappa shape index (κ1) is 15.6. The minimum atomic E-state index is -1.06. The van der Waals surface area contributed by atoms with Crippen LogP contribution in [0.15, 0.2) is 54.6 Å². The summed E-state index contributed by atoms with van der Waals surface area (Å²) in [6, 6.07) is 17.0. The lowest BCUT2D eigenvalue weighted by molar-refractivity contribution is -0.154. The second-order valence-corrected chi connectivity index (χ2v) is 5.83. The number of hydrogen-bond donors (Lipinski definition) is 0. The lowest BCUT2D eigenvalue weighted by Crippen LogP contribution is -2.28. The molecule has 4 heteroatoms. The average Bonchev–Trinajstić information content (AvgIpc) is 3.32. The van der Waals surface area contributed by atoms with Crippen LogP contribution in [0.25, 0.3) is 0 Å². The second kappa shape index (κ2) is 6.05. The second-order valence-electron chi connectivity index (χ2n) is 5.83. The minimum absolute atomic E-state index is 0.191. The van der Waals surface area contributed by atoms with Crippen LogP contribution in [0.1, 0.15) is 31.1 Å². The Morgan fingerprint density at radius 2 is 1.74 bits per heavy atom. The molecule has 2 unspecified atom stereocenters. The molecule has 0 saturated carbocycles. The van der Waals surface area contributed by atoms with Crippen molar-refractivity contribution in [3.8, 4) is 5.75 Å². The van der Waals surface area contributed by atoms with E-state index in [0.717, 1.165) is 16.9 Å². The van der Waals surface area contributed by atoms with Crippen LogP contribution in [-0.2, 0) is 19.9 Å². The van der Waals surface area contributed by atoms with Gasteiger partial charge in [-0.1, -0.05) is 42.5 Å². The molecule has 1 fully saturated rings. The predicted octanol–water partition coefficient (Wildman–Crippen LogP) is 3.61. The zero-order chi connectivity index (χ0) is 16.4. The van der Waals surface area contributed by atoms with E-state index in [1.807, 2.05) is 68.4 Å². The van der Waals surface area contributed by atoms with Gasteiger partial charge in [0.05, 0.1) is 13.2 Å². The highest BCUT2D eigenvalue weighted by Gasteiger charge is 2.65. The van der Waals surface area contributed by atoms with Crippen LogP contribution >= 0.6 is 0 Å². The summed E-state index contributed by atoms with van der Waals surface area (Å²) in [6.45, 7) is 3.67. The van der Waals surface area contributed by atoms with Gasteiger partial charge in [0.1, 0.15) is 11.9 Å². The molecule has 4 nitrogen and oxygen atoms in total. The Balaban J connectivity index is 1.94. The Bertz CT molecular complexity index is 678. The smallest absolute Gasteiger partial charge is 0.346 e. The van der Waals surface area contributed by atoms with Crippen LogP contribution in [0.3, 0.4) is 0 Å². The summed E-state index contributed by atoms with van der Waals surface area (Å²) >= 11 is 0. The Morgan fingerprint density at radius 3 is 2.30 bits per heavy atom. The standard InChI is InChI=1S/C19H20O4/c1-13(2)22-18(20)19(15-7-5-4-6-8-15)17(23-19)14-9-11-16(21-3)12-10-14/h4-13,17H,1-3H3. The lowest BCUT2D eigenvalue weighted by atomic mass is 9.91. The maximum Gasteiger partial charge on any atom is 0.346 e. The van der Waals surface area contributed by atoms with Crippen molar-refractivity contribution in [3.05, 3.63) is 65.7 Å². The molecular weight excluding hydrogens is 292 g/mol. The minimum Gasteiger partial charge on any atom is -0.497 e. The number of esters is 1. The topological polar surface area (TPSA) is 48.1 Å². The summed E-state index contributed by atoms with van der Waals surface area (Å²) in [4.78, 5) is 12.7. The first-order valence-electron chi connectivity index (χ1n) is 7.66. The van der Waals surface area contributed by atoms with E-state index < -0.39 is 5.60 Å². The van der Waals surface area contributed by atoms with E-state index in [-0.39, 0.29) is 18.2 Å². The van der Waals surface area contributed by atoms with E-state index in [9.17, 15) is 4.79 Å². The summed E-state index contributed by atoms with van der Waals surface area (Å²) in [7, 11) is 1.62. The van der Waals surface area contributed by atoms with Gasteiger partial charge in [0.2, 0.25) is 5.60 Å². The Hall–Kier alpha value is -2.33. The van der Waals surface area contributed by atoms with Crippen LogP contribution in [0.5, 0.6) is 5.75 Å². The number of ether oxygens (including phenoxy) is 3. The van der Waals surface area contributed by atoms with E-state index in [2.05, 4.69) is 0 Å². The van der Waals surface area contributed by atoms with Crippen molar-refractivity contribution in [1.82, 2.24) is 0 Å². The summed E-state index contributed by atoms with van der Waals surface area (Å²) in [5.41, 5.74) is 0.682. The fourth-order valence-corrected chi connectivity index (χ4v) is 2.71. The number of rotatable bonds is 5. The quantitative estimate of drug-likeness (QED) is 0.625. The van der Waals surface area contributed by atoms with Crippen LogP contribution in [0.2, 0.25) is 0 Å². The fraction of sp³-hybridized carbons (Fsp3) is 0.316. The predicted molar refractivity (Wildman–Crippen MR) is 86.2 cm³/mol. The van der Waals surface area contributed by atoms with Gasteiger partial charge in [-0.2, -0.15) is 0 Å². The highest BCUT2D eigenvalue weighted by molar-refractivity contribution is 5.85. The number of hydrogen-bond acceptors (Lipinski definition) is 4. The molecule has 1 heterocycles. The van der Waals surface area contributed by atoms with Gasteiger partial charge in [-0.3, -0.25) is 0 Å². The zero-order valence-corrected chi connectivity index (χ0v) is 13.5. The van der Waals surface area contributed by atoms with Crippen molar-refractivity contribution in [2.45, 2.75) is 31.7 Å². The van der Waals surface area contributed by atoms with Crippen LogP contribution in [0, 0.1) is 0 Å². The van der Waals surface area contributed by atoms with Crippen molar-refractivity contribution < 1.29 is 19.0 Å². The third-order valence-corrected chi connectivity index (χ3v) is 3.88. The molecular formula is C19H20O4. The SMILES string of the molecule is COc1ccc(C2OC2(C(=O)OC(C)C)c2ccccc2)cc1. The summed E-state index contributed by atoms with van der Waals surface area (Å²) in [6.07, 6.45) is -0.536. The lowest BCUT2D eigenvalue weighted by Gasteiger charge is -2.15. The third-order valence-electron chi connectivity index (χ3n) is 3.88. The van der Waals surface area contributed by atoms with Gasteiger partial charge in [-0.25, -0.2) is 4.79 Å². The Morgan fingerprint density at radius 1 is 1.09 bits per heavy atom. The van der Waals surface area contributed by atoms with Crippen LogP contribution in [-0.4, -0.2) is 19.2 Å². The number of benzene rings is 2. The number of carbonyl (C=O) groups excluding carboxylic acids is 1. The first-order valence-corrected chi connectivity index (χ1v) is 7.66. The fourth-order valence-electron chi connectivity index (χ4n) is 2.71. The van der Waals surface area contributed by atoms with Crippen molar-refractivity contribution in [2.24, 2.45) is 0 Å². The first-order chi connectivity index (χ1) is 11.1. The highest BCUT2D eigenvalue weighted by atomic mass is 16.7. The number of methoxy groups -OCH3 is 1. The molecule has 1 aliphatic rings. The van der Waals surface area contributed by atoms with E-state index in [0.29, 0.717) is 0 Å². The Kier molecular flexibility index (Phi) is 4.09. The molecule has 2 atom stereocenters. The molecule has 23 heavy (non-hydrogen) atoms. The van der Waals surface area contributed by atoms with Crippen molar-refractivity contribution in [3.63, 3.8) is 0 Å². The van der Waals surface area contributed by atoms with Crippen molar-refractivity contribution in [2.75, 3.05) is 7.11 Å². The third kappa shape index (κ3) is 2.82. The molecule has 0 spiro atoms. The van der Waals surface area contributed by atoms with Gasteiger partial charge < -0.3 is 14.2 Å². The van der Waals surface area contributed by atoms with Crippen LogP contribution < -0.4 is 4.74 Å². The molecule has 2 aromatic carbocycles. The van der Waals surface area contributed by atoms with Gasteiger partial charge in [0, 0.05) is 0 Å². The van der Waals surface area contributed by atoms with Crippen molar-refractivity contribution >= 4 is 5.97 Å². The molecule has 1 aliphatic heterocycles.